The summed E-state index contributed by atoms with van der Waals surface area (Å²) in [5.41, 5.74) is 7.59. The molecule has 1 aromatic rings. The van der Waals surface area contributed by atoms with E-state index in [9.17, 15) is 9.50 Å². The quantitative estimate of drug-likeness (QED) is 0.705. The smallest absolute Gasteiger partial charge is 0.134 e. The number of aliphatic hydroxyl groups excluding tert-OH is 1. The third kappa shape index (κ3) is 3.03. The van der Waals surface area contributed by atoms with Gasteiger partial charge in [0.2, 0.25) is 0 Å². The first kappa shape index (κ1) is 14.0. The molecule has 3 heterocycles. The highest BCUT2D eigenvalue weighted by atomic mass is 19.1. The van der Waals surface area contributed by atoms with E-state index in [1.165, 1.54) is 0 Å². The number of alkyl halides is 1. The zero-order valence-electron chi connectivity index (χ0n) is 11.5. The van der Waals surface area contributed by atoms with Gasteiger partial charge < -0.3 is 15.7 Å². The molecule has 1 fully saturated rings. The van der Waals surface area contributed by atoms with Crippen LogP contribution in [-0.2, 0) is 0 Å². The van der Waals surface area contributed by atoms with Crippen LogP contribution in [0.15, 0.2) is 34.6 Å². The summed E-state index contributed by atoms with van der Waals surface area (Å²) in [6.07, 6.45) is 2.19. The van der Waals surface area contributed by atoms with Crippen LogP contribution in [0, 0.1) is 0 Å². The second-order valence-corrected chi connectivity index (χ2v) is 5.23. The van der Waals surface area contributed by atoms with Crippen LogP contribution >= 0.6 is 0 Å². The largest absolute Gasteiger partial charge is 0.401 e. The van der Waals surface area contributed by atoms with Crippen LogP contribution < -0.4 is 16.0 Å². The van der Waals surface area contributed by atoms with Crippen molar-refractivity contribution in [1.82, 2.24) is 10.3 Å². The summed E-state index contributed by atoms with van der Waals surface area (Å²) in [7, 11) is 0. The fourth-order valence-corrected chi connectivity index (χ4v) is 2.46. The van der Waals surface area contributed by atoms with Gasteiger partial charge in [-0.05, 0) is 18.6 Å². The van der Waals surface area contributed by atoms with Gasteiger partial charge in [-0.3, -0.25) is 10.3 Å². The Balaban J connectivity index is 1.69. The minimum Gasteiger partial charge on any atom is -0.401 e. The van der Waals surface area contributed by atoms with Gasteiger partial charge in [-0.15, -0.1) is 0 Å². The highest BCUT2D eigenvalue weighted by Crippen LogP contribution is 2.22. The molecule has 1 aromatic heterocycles. The maximum absolute atomic E-state index is 13.2. The minimum absolute atomic E-state index is 0.400. The van der Waals surface area contributed by atoms with Crippen molar-refractivity contribution in [1.29, 1.82) is 0 Å². The second kappa shape index (κ2) is 5.79. The molecule has 2 atom stereocenters. The molecule has 112 valence electrons. The van der Waals surface area contributed by atoms with Crippen molar-refractivity contribution in [2.75, 3.05) is 24.5 Å². The van der Waals surface area contributed by atoms with E-state index in [2.05, 4.69) is 15.3 Å². The molecule has 2 aliphatic rings. The van der Waals surface area contributed by atoms with Crippen molar-refractivity contribution in [3.63, 3.8) is 0 Å². The summed E-state index contributed by atoms with van der Waals surface area (Å²) in [4.78, 5) is 10.5. The Hall–Kier alpha value is -1.99. The van der Waals surface area contributed by atoms with Crippen LogP contribution in [0.1, 0.15) is 6.42 Å². The summed E-state index contributed by atoms with van der Waals surface area (Å²) in [5, 5.41) is 12.5. The van der Waals surface area contributed by atoms with Crippen molar-refractivity contribution in [2.45, 2.75) is 18.8 Å². The molecule has 7 heteroatoms. The number of pyridine rings is 1. The van der Waals surface area contributed by atoms with Gasteiger partial charge in [0.05, 0.1) is 18.4 Å². The number of anilines is 1. The van der Waals surface area contributed by atoms with Gasteiger partial charge >= 0.3 is 0 Å². The van der Waals surface area contributed by atoms with E-state index in [-0.39, 0.29) is 0 Å². The Bertz CT molecular complexity index is 571. The molecule has 0 saturated carbocycles. The molecule has 0 aromatic carbocycles. The van der Waals surface area contributed by atoms with E-state index < -0.39 is 12.4 Å². The van der Waals surface area contributed by atoms with E-state index in [0.29, 0.717) is 43.0 Å². The monoisotopic (exact) mass is 291 g/mol. The molecule has 0 radical (unpaired) electrons. The summed E-state index contributed by atoms with van der Waals surface area (Å²) in [6, 6.07) is 3.64. The predicted octanol–water partition coefficient (Wildman–Crippen LogP) is 0.467. The van der Waals surface area contributed by atoms with Gasteiger partial charge in [0.25, 0.3) is 0 Å². The number of nitrogens with one attached hydrogen (secondary N) is 1. The van der Waals surface area contributed by atoms with Crippen LogP contribution in [0.4, 0.5) is 15.9 Å². The lowest BCUT2D eigenvalue weighted by Crippen LogP contribution is -2.24. The van der Waals surface area contributed by atoms with E-state index in [0.717, 1.165) is 5.82 Å². The van der Waals surface area contributed by atoms with Crippen LogP contribution in [0.25, 0.3) is 0 Å². The summed E-state index contributed by atoms with van der Waals surface area (Å²) < 4.78 is 13.2. The van der Waals surface area contributed by atoms with Crippen LogP contribution in [0.2, 0.25) is 0 Å². The Kier molecular flexibility index (Phi) is 3.85. The molecule has 1 saturated heterocycles. The normalized spacial score (nSPS) is 26.3. The third-order valence-corrected chi connectivity index (χ3v) is 3.69. The molecule has 3 rings (SSSR count). The number of rotatable bonds is 3. The van der Waals surface area contributed by atoms with Crippen LogP contribution in [0.3, 0.4) is 0 Å². The molecule has 21 heavy (non-hydrogen) atoms. The van der Waals surface area contributed by atoms with E-state index in [4.69, 9.17) is 5.73 Å². The summed E-state index contributed by atoms with van der Waals surface area (Å²) in [5.74, 6) is 0.760. The van der Waals surface area contributed by atoms with E-state index in [1.54, 1.807) is 12.4 Å². The number of hydrogen-bond donors (Lipinski definition) is 3. The number of aliphatic hydroxyl groups is 1. The number of halogens is 1. The Morgan fingerprint density at radius 2 is 2.38 bits per heavy atom. The minimum atomic E-state index is -0.771. The molecule has 1 unspecified atom stereocenters. The van der Waals surface area contributed by atoms with Crippen LogP contribution in [-0.4, -0.2) is 48.3 Å². The van der Waals surface area contributed by atoms with Gasteiger partial charge in [-0.1, -0.05) is 0 Å². The Morgan fingerprint density at radius 1 is 1.52 bits per heavy atom. The van der Waals surface area contributed by atoms with Crippen molar-refractivity contribution in [2.24, 2.45) is 10.7 Å². The fourth-order valence-electron chi connectivity index (χ4n) is 2.46. The molecule has 2 aliphatic heterocycles. The predicted molar refractivity (Wildman–Crippen MR) is 79.3 cm³/mol. The Morgan fingerprint density at radius 3 is 2.95 bits per heavy atom. The molecule has 0 aliphatic carbocycles. The highest BCUT2D eigenvalue weighted by molar-refractivity contribution is 5.83. The third-order valence-electron chi connectivity index (χ3n) is 3.69. The molecular weight excluding hydrogens is 273 g/mol. The molecule has 0 bridgehead atoms. The van der Waals surface area contributed by atoms with E-state index >= 15 is 0 Å². The van der Waals surface area contributed by atoms with Crippen molar-refractivity contribution in [3.05, 3.63) is 29.6 Å². The van der Waals surface area contributed by atoms with Gasteiger partial charge in [-0.2, -0.15) is 0 Å². The number of nitrogens with zero attached hydrogens (tertiary/aromatic N) is 3. The lowest BCUT2D eigenvalue weighted by Gasteiger charge is -2.15. The maximum atomic E-state index is 13.2. The maximum Gasteiger partial charge on any atom is 0.134 e. The van der Waals surface area contributed by atoms with Crippen molar-refractivity contribution in [3.8, 4) is 0 Å². The fraction of sp³-hybridized carbons (Fsp3) is 0.429. The number of aromatic nitrogens is 1. The molecule has 4 N–H and O–H groups in total. The first-order valence-electron chi connectivity index (χ1n) is 6.92. The van der Waals surface area contributed by atoms with Crippen LogP contribution in [0.5, 0.6) is 0 Å². The Labute approximate surface area is 122 Å². The summed E-state index contributed by atoms with van der Waals surface area (Å²) >= 11 is 0. The number of hydrogen-bond acceptors (Lipinski definition) is 6. The zero-order valence-corrected chi connectivity index (χ0v) is 11.5. The van der Waals surface area contributed by atoms with Crippen molar-refractivity contribution >= 4 is 17.7 Å². The first-order valence-corrected chi connectivity index (χ1v) is 6.92. The average molecular weight is 291 g/mol. The first-order chi connectivity index (χ1) is 10.1. The topological polar surface area (TPSA) is 86.8 Å². The average Bonchev–Trinajstić information content (AvgIpc) is 3.05. The molecule has 6 nitrogen and oxygen atoms in total. The van der Waals surface area contributed by atoms with Crippen molar-refractivity contribution < 1.29 is 9.50 Å². The van der Waals surface area contributed by atoms with Gasteiger partial charge in [0.1, 0.15) is 18.2 Å². The highest BCUT2D eigenvalue weighted by Gasteiger charge is 2.22. The summed E-state index contributed by atoms with van der Waals surface area (Å²) in [6.45, 7) is 1.55. The van der Waals surface area contributed by atoms with Gasteiger partial charge in [-0.25, -0.2) is 9.37 Å². The molecule has 0 spiro atoms. The number of nitrogens with two attached hydrogens (primary N) is 1. The lowest BCUT2D eigenvalue weighted by molar-refractivity contribution is 0.194. The van der Waals surface area contributed by atoms with Gasteiger partial charge in [0, 0.05) is 30.6 Å². The number of aliphatic imine (C=N–C) groups is 1. The SMILES string of the molecule is NC1=C(C=Nc2ccc(N3CC[C@H](F)C3)nc2)C(O)NC1. The zero-order chi connectivity index (χ0) is 14.8. The molecular formula is C14H18FN5O. The van der Waals surface area contributed by atoms with E-state index in [1.807, 2.05) is 17.0 Å². The molecule has 0 amide bonds. The lowest BCUT2D eigenvalue weighted by atomic mass is 10.2. The van der Waals surface area contributed by atoms with Gasteiger partial charge in [0.15, 0.2) is 0 Å². The second-order valence-electron chi connectivity index (χ2n) is 5.23. The standard InChI is InChI=1S/C14H18FN5O/c15-9-3-4-20(8-9)13-2-1-10(5-18-13)17-6-11-12(16)7-19-14(11)21/h1-2,5-6,9,14,19,21H,3-4,7-8,16H2/t9-,14?/m0/s1.